The van der Waals surface area contributed by atoms with E-state index in [2.05, 4.69) is 26.2 Å². The molecule has 1 aromatic heterocycles. The molecule has 0 saturated carbocycles. The van der Waals surface area contributed by atoms with Gasteiger partial charge < -0.3 is 5.32 Å². The molecular weight excluding hydrogens is 352 g/mol. The third-order valence-electron chi connectivity index (χ3n) is 3.52. The smallest absolute Gasteiger partial charge is 0.236 e. The minimum absolute atomic E-state index is 0.0773. The Morgan fingerprint density at radius 2 is 1.43 bits per heavy atom. The molecule has 3 rings (SSSR count). The van der Waals surface area contributed by atoms with Crippen molar-refractivity contribution in [3.05, 3.63) is 94.7 Å². The fourth-order valence-electron chi connectivity index (χ4n) is 2.45. The molecule has 0 aliphatic heterocycles. The molecule has 0 atom stereocenters. The van der Waals surface area contributed by atoms with Crippen LogP contribution in [0.4, 0.5) is 5.69 Å². The molecule has 0 aliphatic carbocycles. The highest BCUT2D eigenvalue weighted by Crippen LogP contribution is 2.26. The molecule has 2 aromatic carbocycles. The Morgan fingerprint density at radius 1 is 0.870 bits per heavy atom. The minimum atomic E-state index is -0.360. The number of carbonyl (C=O) groups excluding carboxylic acids is 1. The minimum Gasteiger partial charge on any atom is -0.324 e. The largest absolute Gasteiger partial charge is 0.324 e. The van der Waals surface area contributed by atoms with Crippen LogP contribution in [0.5, 0.6) is 0 Å². The summed E-state index contributed by atoms with van der Waals surface area (Å²) in [6.07, 6.45) is 1.63. The van der Waals surface area contributed by atoms with Gasteiger partial charge in [-0.3, -0.25) is 4.79 Å². The van der Waals surface area contributed by atoms with Crippen molar-refractivity contribution in [1.82, 2.24) is 4.98 Å². The van der Waals surface area contributed by atoms with Gasteiger partial charge in [-0.1, -0.05) is 60.7 Å². The van der Waals surface area contributed by atoms with Crippen molar-refractivity contribution in [1.29, 1.82) is 0 Å². The predicted octanol–water partition coefficient (Wildman–Crippen LogP) is 4.61. The summed E-state index contributed by atoms with van der Waals surface area (Å²) >= 11 is 3.29. The molecular formula is C19H15BrN2O. The number of rotatable bonds is 4. The Bertz CT molecular complexity index is 734. The number of amides is 1. The first kappa shape index (κ1) is 15.4. The molecule has 3 nitrogen and oxygen atoms in total. The fourth-order valence-corrected chi connectivity index (χ4v) is 2.68. The van der Waals surface area contributed by atoms with Crippen LogP contribution in [0.3, 0.4) is 0 Å². The van der Waals surface area contributed by atoms with Gasteiger partial charge in [0.25, 0.3) is 0 Å². The number of pyridine rings is 1. The van der Waals surface area contributed by atoms with Crippen LogP contribution in [0, 0.1) is 0 Å². The summed E-state index contributed by atoms with van der Waals surface area (Å²) in [6, 6.07) is 23.2. The maximum atomic E-state index is 12.8. The molecule has 23 heavy (non-hydrogen) atoms. The second-order valence-corrected chi connectivity index (χ2v) is 5.93. The summed E-state index contributed by atoms with van der Waals surface area (Å²) < 4.78 is 0.734. The Morgan fingerprint density at radius 3 is 1.91 bits per heavy atom. The lowest BCUT2D eigenvalue weighted by molar-refractivity contribution is -0.116. The number of hydrogen-bond acceptors (Lipinski definition) is 2. The van der Waals surface area contributed by atoms with Crippen molar-refractivity contribution < 1.29 is 4.79 Å². The van der Waals surface area contributed by atoms with Crippen LogP contribution in [0.25, 0.3) is 0 Å². The molecule has 1 heterocycles. The topological polar surface area (TPSA) is 42.0 Å². The first-order chi connectivity index (χ1) is 11.2. The van der Waals surface area contributed by atoms with Gasteiger partial charge in [0.05, 0.1) is 17.8 Å². The first-order valence-corrected chi connectivity index (χ1v) is 8.05. The van der Waals surface area contributed by atoms with E-state index in [-0.39, 0.29) is 11.8 Å². The zero-order valence-corrected chi connectivity index (χ0v) is 13.9. The van der Waals surface area contributed by atoms with Crippen LogP contribution in [-0.4, -0.2) is 10.9 Å². The number of aromatic nitrogens is 1. The van der Waals surface area contributed by atoms with Crippen LogP contribution in [-0.2, 0) is 4.79 Å². The lowest BCUT2D eigenvalue weighted by Gasteiger charge is -2.17. The third kappa shape index (κ3) is 3.85. The van der Waals surface area contributed by atoms with E-state index in [1.165, 1.54) is 0 Å². The van der Waals surface area contributed by atoms with Gasteiger partial charge in [0.15, 0.2) is 0 Å². The Hall–Kier alpha value is -2.46. The zero-order chi connectivity index (χ0) is 16.1. The molecule has 0 saturated heterocycles. The second-order valence-electron chi connectivity index (χ2n) is 5.11. The van der Waals surface area contributed by atoms with E-state index in [4.69, 9.17) is 0 Å². The lowest BCUT2D eigenvalue weighted by atomic mass is 9.90. The molecule has 0 fully saturated rings. The molecule has 1 amide bonds. The van der Waals surface area contributed by atoms with Crippen molar-refractivity contribution in [2.45, 2.75) is 5.92 Å². The van der Waals surface area contributed by atoms with Crippen molar-refractivity contribution >= 4 is 27.5 Å². The number of nitrogens with zero attached hydrogens (tertiary/aromatic N) is 1. The number of nitrogens with one attached hydrogen (secondary N) is 1. The summed E-state index contributed by atoms with van der Waals surface area (Å²) in [4.78, 5) is 17.0. The Kier molecular flexibility index (Phi) is 4.83. The monoisotopic (exact) mass is 366 g/mol. The van der Waals surface area contributed by atoms with Gasteiger partial charge in [0.2, 0.25) is 5.91 Å². The summed E-state index contributed by atoms with van der Waals surface area (Å²) in [7, 11) is 0. The van der Waals surface area contributed by atoms with E-state index in [9.17, 15) is 4.79 Å². The molecule has 3 aromatic rings. The molecule has 0 spiro atoms. The SMILES string of the molecule is O=C(Nc1ccc(Br)nc1)C(c1ccccc1)c1ccccc1. The summed E-state index contributed by atoms with van der Waals surface area (Å²) in [5.74, 6) is -0.437. The highest BCUT2D eigenvalue weighted by molar-refractivity contribution is 9.10. The van der Waals surface area contributed by atoms with Crippen molar-refractivity contribution in [3.63, 3.8) is 0 Å². The van der Waals surface area contributed by atoms with Crippen molar-refractivity contribution in [3.8, 4) is 0 Å². The van der Waals surface area contributed by atoms with Crippen LogP contribution >= 0.6 is 15.9 Å². The highest BCUT2D eigenvalue weighted by atomic mass is 79.9. The van der Waals surface area contributed by atoms with Crippen LogP contribution in [0.1, 0.15) is 17.0 Å². The predicted molar refractivity (Wildman–Crippen MR) is 95.3 cm³/mol. The molecule has 114 valence electrons. The molecule has 4 heteroatoms. The van der Waals surface area contributed by atoms with E-state index in [1.807, 2.05) is 66.7 Å². The molecule has 1 N–H and O–H groups in total. The average Bonchev–Trinajstić information content (AvgIpc) is 2.59. The van der Waals surface area contributed by atoms with E-state index in [1.54, 1.807) is 12.3 Å². The number of benzene rings is 2. The van der Waals surface area contributed by atoms with Crippen molar-refractivity contribution in [2.75, 3.05) is 5.32 Å². The molecule has 0 unspecified atom stereocenters. The van der Waals surface area contributed by atoms with E-state index in [0.717, 1.165) is 15.7 Å². The van der Waals surface area contributed by atoms with Gasteiger partial charge in [-0.25, -0.2) is 4.98 Å². The molecule has 0 aliphatic rings. The zero-order valence-electron chi connectivity index (χ0n) is 12.3. The Labute approximate surface area is 143 Å². The van der Waals surface area contributed by atoms with Gasteiger partial charge in [-0.05, 0) is 39.2 Å². The number of carbonyl (C=O) groups is 1. The van der Waals surface area contributed by atoms with Gasteiger partial charge in [0.1, 0.15) is 4.60 Å². The number of hydrogen-bond donors (Lipinski definition) is 1. The standard InChI is InChI=1S/C19H15BrN2O/c20-17-12-11-16(13-21-17)22-19(23)18(14-7-3-1-4-8-14)15-9-5-2-6-10-15/h1-13,18H,(H,22,23). The van der Waals surface area contributed by atoms with Gasteiger partial charge in [-0.15, -0.1) is 0 Å². The summed E-state index contributed by atoms with van der Waals surface area (Å²) in [5.41, 5.74) is 2.60. The second kappa shape index (κ2) is 7.20. The van der Waals surface area contributed by atoms with Crippen LogP contribution in [0.15, 0.2) is 83.6 Å². The molecule has 0 bridgehead atoms. The van der Waals surface area contributed by atoms with E-state index < -0.39 is 0 Å². The third-order valence-corrected chi connectivity index (χ3v) is 3.99. The normalized spacial score (nSPS) is 10.5. The Balaban J connectivity index is 1.92. The van der Waals surface area contributed by atoms with Gasteiger partial charge in [-0.2, -0.15) is 0 Å². The summed E-state index contributed by atoms with van der Waals surface area (Å²) in [6.45, 7) is 0. The van der Waals surface area contributed by atoms with E-state index >= 15 is 0 Å². The number of halogens is 1. The van der Waals surface area contributed by atoms with Gasteiger partial charge >= 0.3 is 0 Å². The quantitative estimate of drug-likeness (QED) is 0.684. The fraction of sp³-hybridized carbons (Fsp3) is 0.0526. The summed E-state index contributed by atoms with van der Waals surface area (Å²) in [5, 5.41) is 2.94. The van der Waals surface area contributed by atoms with Crippen molar-refractivity contribution in [2.24, 2.45) is 0 Å². The first-order valence-electron chi connectivity index (χ1n) is 7.26. The van der Waals surface area contributed by atoms with Crippen LogP contribution in [0.2, 0.25) is 0 Å². The lowest BCUT2D eigenvalue weighted by Crippen LogP contribution is -2.22. The average molecular weight is 367 g/mol. The number of anilines is 1. The van der Waals surface area contributed by atoms with Gasteiger partial charge in [0, 0.05) is 0 Å². The molecule has 0 radical (unpaired) electrons. The highest BCUT2D eigenvalue weighted by Gasteiger charge is 2.22. The van der Waals surface area contributed by atoms with E-state index in [0.29, 0.717) is 5.69 Å². The van der Waals surface area contributed by atoms with Crippen LogP contribution < -0.4 is 5.32 Å². The maximum absolute atomic E-state index is 12.8. The maximum Gasteiger partial charge on any atom is 0.236 e.